The number of urea groups is 1. The monoisotopic (exact) mass is 332 g/mol. The number of hydrogen-bond acceptors (Lipinski definition) is 3. The lowest BCUT2D eigenvalue weighted by Gasteiger charge is -2.24. The Bertz CT molecular complexity index is 597. The highest BCUT2D eigenvalue weighted by molar-refractivity contribution is 5.97. The van der Waals surface area contributed by atoms with E-state index in [-0.39, 0.29) is 11.8 Å². The minimum atomic E-state index is -0.684. The Morgan fingerprint density at radius 1 is 1.29 bits per heavy atom. The van der Waals surface area contributed by atoms with E-state index < -0.39 is 12.1 Å². The van der Waals surface area contributed by atoms with E-state index in [1.165, 1.54) is 18.5 Å². The van der Waals surface area contributed by atoms with Gasteiger partial charge in [-0.15, -0.1) is 0 Å². The first-order valence-electron chi connectivity index (χ1n) is 8.64. The van der Waals surface area contributed by atoms with Crippen LogP contribution in [-0.4, -0.2) is 31.1 Å². The van der Waals surface area contributed by atoms with E-state index in [9.17, 15) is 9.59 Å². The molecule has 24 heavy (non-hydrogen) atoms. The Morgan fingerprint density at radius 2 is 1.96 bits per heavy atom. The number of nitrogens with zero attached hydrogens (tertiary/aromatic N) is 1. The molecule has 1 aromatic rings. The fraction of sp³-hybridized carbons (Fsp3) is 0.556. The van der Waals surface area contributed by atoms with Crippen molar-refractivity contribution in [2.24, 2.45) is 11.7 Å². The molecule has 3 amide bonds. The van der Waals surface area contributed by atoms with Gasteiger partial charge in [0, 0.05) is 24.5 Å². The molecule has 2 unspecified atom stereocenters. The predicted molar refractivity (Wildman–Crippen MR) is 97.2 cm³/mol. The molecule has 0 aliphatic carbocycles. The number of carbonyl (C=O) groups excluding carboxylic acids is 2. The number of anilines is 2. The molecule has 0 saturated carbocycles. The number of aryl methyl sites for hydroxylation is 1. The maximum Gasteiger partial charge on any atom is 0.312 e. The van der Waals surface area contributed by atoms with E-state index in [1.807, 2.05) is 26.0 Å². The van der Waals surface area contributed by atoms with Gasteiger partial charge in [-0.05, 0) is 49.4 Å². The Kier molecular flexibility index (Phi) is 6.06. The van der Waals surface area contributed by atoms with Crippen LogP contribution in [0.2, 0.25) is 0 Å². The van der Waals surface area contributed by atoms with Crippen molar-refractivity contribution in [2.45, 2.75) is 46.1 Å². The standard InChI is InChI=1S/C18H28N4O2/c1-4-12(2)16(21-18(19)24)17(23)20-14-7-8-15(13(3)11-14)22-9-5-6-10-22/h7-8,11-12,16H,4-6,9-10H2,1-3H3,(H,20,23)(H3,19,21,24). The zero-order valence-corrected chi connectivity index (χ0v) is 14.8. The molecule has 6 nitrogen and oxygen atoms in total. The number of benzene rings is 1. The highest BCUT2D eigenvalue weighted by atomic mass is 16.2. The quantitative estimate of drug-likeness (QED) is 0.748. The lowest BCUT2D eigenvalue weighted by atomic mass is 9.98. The Hall–Kier alpha value is -2.24. The second-order valence-electron chi connectivity index (χ2n) is 6.56. The van der Waals surface area contributed by atoms with Gasteiger partial charge in [0.2, 0.25) is 5.91 Å². The van der Waals surface area contributed by atoms with Gasteiger partial charge in [0.25, 0.3) is 0 Å². The highest BCUT2D eigenvalue weighted by Gasteiger charge is 2.25. The Labute approximate surface area is 143 Å². The van der Waals surface area contributed by atoms with Crippen molar-refractivity contribution in [2.75, 3.05) is 23.3 Å². The van der Waals surface area contributed by atoms with Crippen molar-refractivity contribution in [3.8, 4) is 0 Å². The van der Waals surface area contributed by atoms with Crippen LogP contribution < -0.4 is 21.3 Å². The molecule has 0 bridgehead atoms. The third kappa shape index (κ3) is 4.40. The van der Waals surface area contributed by atoms with Gasteiger partial charge < -0.3 is 21.3 Å². The summed E-state index contributed by atoms with van der Waals surface area (Å²) < 4.78 is 0. The molecule has 1 saturated heterocycles. The summed E-state index contributed by atoms with van der Waals surface area (Å²) >= 11 is 0. The molecule has 1 aliphatic rings. The van der Waals surface area contributed by atoms with Crippen molar-refractivity contribution in [1.82, 2.24) is 5.32 Å². The number of nitrogens with two attached hydrogens (primary N) is 1. The van der Waals surface area contributed by atoms with E-state index in [1.54, 1.807) is 0 Å². The predicted octanol–water partition coefficient (Wildman–Crippen LogP) is 2.62. The molecule has 0 aromatic heterocycles. The SMILES string of the molecule is CCC(C)C(NC(N)=O)C(=O)Nc1ccc(N2CCCC2)c(C)c1. The molecule has 2 rings (SSSR count). The van der Waals surface area contributed by atoms with Gasteiger partial charge in [-0.2, -0.15) is 0 Å². The molecular formula is C18H28N4O2. The summed E-state index contributed by atoms with van der Waals surface area (Å²) in [6.45, 7) is 8.12. The number of amides is 3. The minimum absolute atomic E-state index is 0.00229. The number of hydrogen-bond donors (Lipinski definition) is 3. The third-order valence-electron chi connectivity index (χ3n) is 4.70. The van der Waals surface area contributed by atoms with E-state index >= 15 is 0 Å². The van der Waals surface area contributed by atoms with Crippen LogP contribution in [0.4, 0.5) is 16.2 Å². The van der Waals surface area contributed by atoms with Gasteiger partial charge in [0.15, 0.2) is 0 Å². The summed E-state index contributed by atoms with van der Waals surface area (Å²) in [6, 6.07) is 4.62. The van der Waals surface area contributed by atoms with Gasteiger partial charge in [0.1, 0.15) is 6.04 Å². The third-order valence-corrected chi connectivity index (χ3v) is 4.70. The van der Waals surface area contributed by atoms with Gasteiger partial charge in [-0.3, -0.25) is 4.79 Å². The second-order valence-corrected chi connectivity index (χ2v) is 6.56. The van der Waals surface area contributed by atoms with Crippen LogP contribution in [0.25, 0.3) is 0 Å². The normalized spacial score (nSPS) is 16.5. The molecule has 1 aromatic carbocycles. The van der Waals surface area contributed by atoms with E-state index in [0.29, 0.717) is 0 Å². The maximum absolute atomic E-state index is 12.5. The van der Waals surface area contributed by atoms with E-state index in [0.717, 1.165) is 30.8 Å². The van der Waals surface area contributed by atoms with E-state index in [4.69, 9.17) is 5.73 Å². The van der Waals surface area contributed by atoms with Crippen LogP contribution in [0.5, 0.6) is 0 Å². The van der Waals surface area contributed by atoms with Gasteiger partial charge in [0.05, 0.1) is 0 Å². The fourth-order valence-corrected chi connectivity index (χ4v) is 3.12. The molecule has 4 N–H and O–H groups in total. The summed E-state index contributed by atoms with van der Waals surface area (Å²) in [5.74, 6) is -0.237. The van der Waals surface area contributed by atoms with Gasteiger partial charge in [-0.25, -0.2) is 4.79 Å². The van der Waals surface area contributed by atoms with E-state index in [2.05, 4.69) is 28.5 Å². The first kappa shape index (κ1) is 18.1. The Morgan fingerprint density at radius 3 is 2.50 bits per heavy atom. The zero-order chi connectivity index (χ0) is 17.7. The number of rotatable bonds is 6. The van der Waals surface area contributed by atoms with Gasteiger partial charge >= 0.3 is 6.03 Å². The highest BCUT2D eigenvalue weighted by Crippen LogP contribution is 2.27. The van der Waals surface area contributed by atoms with Crippen LogP contribution in [0.3, 0.4) is 0 Å². The average Bonchev–Trinajstić information content (AvgIpc) is 3.05. The van der Waals surface area contributed by atoms with Crippen molar-refractivity contribution in [1.29, 1.82) is 0 Å². The molecule has 1 heterocycles. The molecule has 0 spiro atoms. The van der Waals surface area contributed by atoms with Crippen molar-refractivity contribution in [3.05, 3.63) is 23.8 Å². The Balaban J connectivity index is 2.09. The topological polar surface area (TPSA) is 87.5 Å². The summed E-state index contributed by atoms with van der Waals surface area (Å²) in [6.07, 6.45) is 3.23. The molecule has 1 fully saturated rings. The van der Waals surface area contributed by atoms with Gasteiger partial charge in [-0.1, -0.05) is 20.3 Å². The van der Waals surface area contributed by atoms with Crippen LogP contribution >= 0.6 is 0 Å². The lowest BCUT2D eigenvalue weighted by Crippen LogP contribution is -2.49. The van der Waals surface area contributed by atoms with Crippen LogP contribution in [0, 0.1) is 12.8 Å². The van der Waals surface area contributed by atoms with Crippen LogP contribution in [0.1, 0.15) is 38.7 Å². The largest absolute Gasteiger partial charge is 0.371 e. The fourth-order valence-electron chi connectivity index (χ4n) is 3.12. The first-order valence-corrected chi connectivity index (χ1v) is 8.64. The number of nitrogens with one attached hydrogen (secondary N) is 2. The molecule has 6 heteroatoms. The van der Waals surface area contributed by atoms with Crippen LogP contribution in [-0.2, 0) is 4.79 Å². The smallest absolute Gasteiger partial charge is 0.312 e. The summed E-state index contributed by atoms with van der Waals surface area (Å²) in [7, 11) is 0. The molecule has 0 radical (unpaired) electrons. The zero-order valence-electron chi connectivity index (χ0n) is 14.8. The first-order chi connectivity index (χ1) is 11.4. The molecule has 132 valence electrons. The summed E-state index contributed by atoms with van der Waals surface area (Å²) in [4.78, 5) is 26.0. The summed E-state index contributed by atoms with van der Waals surface area (Å²) in [5.41, 5.74) is 8.29. The minimum Gasteiger partial charge on any atom is -0.371 e. The van der Waals surface area contributed by atoms with Crippen LogP contribution in [0.15, 0.2) is 18.2 Å². The average molecular weight is 332 g/mol. The number of primary amides is 1. The van der Waals surface area contributed by atoms with Crippen molar-refractivity contribution >= 4 is 23.3 Å². The summed E-state index contributed by atoms with van der Waals surface area (Å²) in [5, 5.41) is 5.43. The molecular weight excluding hydrogens is 304 g/mol. The second kappa shape index (κ2) is 8.04. The molecule has 1 aliphatic heterocycles. The van der Waals surface area contributed by atoms with Crippen molar-refractivity contribution < 1.29 is 9.59 Å². The lowest BCUT2D eigenvalue weighted by molar-refractivity contribution is -0.119. The molecule has 2 atom stereocenters. The van der Waals surface area contributed by atoms with Crippen molar-refractivity contribution in [3.63, 3.8) is 0 Å². The number of carbonyl (C=O) groups is 2. The maximum atomic E-state index is 12.5.